The summed E-state index contributed by atoms with van der Waals surface area (Å²) in [6.07, 6.45) is 4.74. The molecule has 1 unspecified atom stereocenters. The van der Waals surface area contributed by atoms with Crippen molar-refractivity contribution in [2.75, 3.05) is 13.7 Å². The van der Waals surface area contributed by atoms with E-state index in [0.29, 0.717) is 30.0 Å². The molecule has 2 aliphatic rings. The Labute approximate surface area is 155 Å². The van der Waals surface area contributed by atoms with Gasteiger partial charge in [0.05, 0.1) is 12.0 Å². The van der Waals surface area contributed by atoms with Gasteiger partial charge in [0.2, 0.25) is 11.8 Å². The average molecular weight is 359 g/mol. The lowest BCUT2D eigenvalue weighted by molar-refractivity contribution is -0.129. The maximum Gasteiger partial charge on any atom is 0.270 e. The topological polar surface area (TPSA) is 80.3 Å². The van der Waals surface area contributed by atoms with Gasteiger partial charge in [-0.1, -0.05) is 6.07 Å². The molecular formula is C20H29N3O3. The Kier molecular flexibility index (Phi) is 5.21. The van der Waals surface area contributed by atoms with E-state index in [2.05, 4.69) is 15.6 Å². The zero-order valence-corrected chi connectivity index (χ0v) is 16.1. The van der Waals surface area contributed by atoms with Crippen LogP contribution in [0.3, 0.4) is 0 Å². The summed E-state index contributed by atoms with van der Waals surface area (Å²) in [5.41, 5.74) is 0.727. The number of pyridine rings is 1. The number of ether oxygens (including phenoxy) is 1. The Morgan fingerprint density at radius 3 is 2.54 bits per heavy atom. The lowest BCUT2D eigenvalue weighted by Crippen LogP contribution is -2.50. The molecule has 2 amide bonds. The average Bonchev–Trinajstić information content (AvgIpc) is 3.52. The number of carbonyl (C=O) groups is 2. The molecule has 1 heterocycles. The summed E-state index contributed by atoms with van der Waals surface area (Å²) in [6, 6.07) is 3.39. The number of hydrogen-bond donors (Lipinski definition) is 2. The number of nitrogens with one attached hydrogen (secondary N) is 2. The molecule has 6 heteroatoms. The van der Waals surface area contributed by atoms with Gasteiger partial charge >= 0.3 is 0 Å². The molecule has 2 N–H and O–H groups in total. The molecule has 0 saturated heterocycles. The highest BCUT2D eigenvalue weighted by molar-refractivity contribution is 5.93. The predicted molar refractivity (Wildman–Crippen MR) is 99.2 cm³/mol. The number of nitrogens with zero attached hydrogens (tertiary/aromatic N) is 1. The molecule has 3 rings (SSSR count). The number of carbonyl (C=O) groups excluding carboxylic acids is 2. The molecule has 1 aromatic heterocycles. The summed E-state index contributed by atoms with van der Waals surface area (Å²) in [4.78, 5) is 29.2. The third-order valence-electron chi connectivity index (χ3n) is 5.53. The van der Waals surface area contributed by atoms with Gasteiger partial charge in [-0.2, -0.15) is 0 Å². The Morgan fingerprint density at radius 1 is 1.27 bits per heavy atom. The van der Waals surface area contributed by atoms with E-state index in [1.807, 2.05) is 26.8 Å². The van der Waals surface area contributed by atoms with Crippen molar-refractivity contribution in [1.82, 2.24) is 15.6 Å². The molecule has 0 radical (unpaired) electrons. The highest BCUT2D eigenvalue weighted by Crippen LogP contribution is 2.44. The van der Waals surface area contributed by atoms with Crippen molar-refractivity contribution in [3.8, 4) is 5.88 Å². The van der Waals surface area contributed by atoms with Gasteiger partial charge < -0.3 is 15.4 Å². The first-order valence-corrected chi connectivity index (χ1v) is 9.49. The standard InChI is InChI=1S/C20H29N3O3/c1-12(20(2,3)19(25)21-4)22-17(24)16-10-9-15(14-7-8-14)18(23-16)26-11-13-5-6-13/h9-10,12-14H,5-8,11H2,1-4H3,(H,21,25)(H,22,24). The zero-order valence-electron chi connectivity index (χ0n) is 16.1. The van der Waals surface area contributed by atoms with Crippen LogP contribution in [0.5, 0.6) is 5.88 Å². The van der Waals surface area contributed by atoms with Crippen LogP contribution in [0.4, 0.5) is 0 Å². The minimum Gasteiger partial charge on any atom is -0.477 e. The van der Waals surface area contributed by atoms with Crippen molar-refractivity contribution in [2.45, 2.75) is 58.4 Å². The number of rotatable bonds is 8. The number of aromatic nitrogens is 1. The molecule has 26 heavy (non-hydrogen) atoms. The Bertz CT molecular complexity index is 694. The van der Waals surface area contributed by atoms with Gasteiger partial charge in [-0.3, -0.25) is 9.59 Å². The van der Waals surface area contributed by atoms with Crippen molar-refractivity contribution in [3.63, 3.8) is 0 Å². The fourth-order valence-electron chi connectivity index (χ4n) is 2.85. The van der Waals surface area contributed by atoms with E-state index in [0.717, 1.165) is 18.4 Å². The Balaban J connectivity index is 1.71. The van der Waals surface area contributed by atoms with Crippen molar-refractivity contribution in [1.29, 1.82) is 0 Å². The third kappa shape index (κ3) is 4.17. The summed E-state index contributed by atoms with van der Waals surface area (Å²) >= 11 is 0. The van der Waals surface area contributed by atoms with E-state index < -0.39 is 5.41 Å². The predicted octanol–water partition coefficient (Wildman–Crippen LogP) is 2.64. The molecule has 142 valence electrons. The minimum atomic E-state index is -0.719. The molecule has 2 saturated carbocycles. The maximum absolute atomic E-state index is 12.7. The monoisotopic (exact) mass is 359 g/mol. The zero-order chi connectivity index (χ0) is 18.9. The van der Waals surface area contributed by atoms with E-state index in [-0.39, 0.29) is 17.9 Å². The molecule has 0 spiro atoms. The first-order chi connectivity index (χ1) is 12.3. The maximum atomic E-state index is 12.7. The van der Waals surface area contributed by atoms with Gasteiger partial charge in [-0.15, -0.1) is 0 Å². The van der Waals surface area contributed by atoms with Crippen molar-refractivity contribution < 1.29 is 14.3 Å². The van der Waals surface area contributed by atoms with Gasteiger partial charge in [-0.05, 0) is 64.4 Å². The lowest BCUT2D eigenvalue weighted by atomic mass is 9.84. The summed E-state index contributed by atoms with van der Waals surface area (Å²) in [6.45, 7) is 6.13. The van der Waals surface area contributed by atoms with Crippen LogP contribution in [0.15, 0.2) is 12.1 Å². The second kappa shape index (κ2) is 7.25. The Hall–Kier alpha value is -2.11. The van der Waals surface area contributed by atoms with Crippen LogP contribution in [-0.2, 0) is 4.79 Å². The second-order valence-electron chi connectivity index (χ2n) is 8.12. The van der Waals surface area contributed by atoms with Crippen LogP contribution in [0.1, 0.15) is 68.4 Å². The van der Waals surface area contributed by atoms with E-state index >= 15 is 0 Å². The van der Waals surface area contributed by atoms with Gasteiger partial charge in [0, 0.05) is 18.7 Å². The highest BCUT2D eigenvalue weighted by Gasteiger charge is 2.35. The van der Waals surface area contributed by atoms with Crippen LogP contribution < -0.4 is 15.4 Å². The van der Waals surface area contributed by atoms with E-state index in [9.17, 15) is 9.59 Å². The molecule has 2 aliphatic carbocycles. The van der Waals surface area contributed by atoms with Crippen LogP contribution in [0.25, 0.3) is 0 Å². The molecule has 0 bridgehead atoms. The molecule has 6 nitrogen and oxygen atoms in total. The molecule has 0 aromatic carbocycles. The molecule has 1 atom stereocenters. The summed E-state index contributed by atoms with van der Waals surface area (Å²) < 4.78 is 5.93. The fourth-order valence-corrected chi connectivity index (χ4v) is 2.85. The van der Waals surface area contributed by atoms with Gasteiger partial charge in [0.1, 0.15) is 5.69 Å². The van der Waals surface area contributed by atoms with Crippen LogP contribution in [-0.4, -0.2) is 36.5 Å². The number of amides is 2. The summed E-state index contributed by atoms with van der Waals surface area (Å²) in [5, 5.41) is 5.55. The molecule has 2 fully saturated rings. The van der Waals surface area contributed by atoms with Crippen molar-refractivity contribution >= 4 is 11.8 Å². The Morgan fingerprint density at radius 2 is 1.96 bits per heavy atom. The molecule has 1 aromatic rings. The minimum absolute atomic E-state index is 0.115. The van der Waals surface area contributed by atoms with Crippen molar-refractivity contribution in [3.05, 3.63) is 23.4 Å². The first kappa shape index (κ1) is 18.7. The van der Waals surface area contributed by atoms with Gasteiger partial charge in [-0.25, -0.2) is 4.98 Å². The SMILES string of the molecule is CNC(=O)C(C)(C)C(C)NC(=O)c1ccc(C2CC2)c(OCC2CC2)n1. The summed E-state index contributed by atoms with van der Waals surface area (Å²) in [5.74, 6) is 1.35. The van der Waals surface area contributed by atoms with Gasteiger partial charge in [0.15, 0.2) is 0 Å². The van der Waals surface area contributed by atoms with E-state index in [4.69, 9.17) is 4.74 Å². The largest absolute Gasteiger partial charge is 0.477 e. The number of hydrogen-bond acceptors (Lipinski definition) is 4. The van der Waals surface area contributed by atoms with E-state index in [1.54, 1.807) is 13.1 Å². The summed E-state index contributed by atoms with van der Waals surface area (Å²) in [7, 11) is 1.60. The smallest absolute Gasteiger partial charge is 0.270 e. The first-order valence-electron chi connectivity index (χ1n) is 9.49. The van der Waals surface area contributed by atoms with Crippen molar-refractivity contribution in [2.24, 2.45) is 11.3 Å². The normalized spacial score (nSPS) is 18.2. The second-order valence-corrected chi connectivity index (χ2v) is 8.12. The lowest BCUT2D eigenvalue weighted by Gasteiger charge is -2.30. The third-order valence-corrected chi connectivity index (χ3v) is 5.53. The van der Waals surface area contributed by atoms with Crippen LogP contribution in [0.2, 0.25) is 0 Å². The highest BCUT2D eigenvalue weighted by atomic mass is 16.5. The van der Waals surface area contributed by atoms with Crippen LogP contribution >= 0.6 is 0 Å². The van der Waals surface area contributed by atoms with Gasteiger partial charge in [0.25, 0.3) is 5.91 Å². The fraction of sp³-hybridized carbons (Fsp3) is 0.650. The molecular weight excluding hydrogens is 330 g/mol. The van der Waals surface area contributed by atoms with E-state index in [1.165, 1.54) is 12.8 Å². The quantitative estimate of drug-likeness (QED) is 0.748. The molecule has 0 aliphatic heterocycles. The van der Waals surface area contributed by atoms with Crippen LogP contribution in [0, 0.1) is 11.3 Å².